The van der Waals surface area contributed by atoms with Crippen LogP contribution in [-0.2, 0) is 10.0 Å². The van der Waals surface area contributed by atoms with E-state index >= 15 is 0 Å². The van der Waals surface area contributed by atoms with Crippen molar-refractivity contribution in [2.45, 2.75) is 30.6 Å². The second kappa shape index (κ2) is 9.36. The van der Waals surface area contributed by atoms with Gasteiger partial charge in [0.2, 0.25) is 10.0 Å². The number of carbonyl (C=O) groups excluding carboxylic acids is 1. The number of aromatic nitrogens is 2. The fourth-order valence-corrected chi connectivity index (χ4v) is 5.04. The number of rotatable bonds is 5. The maximum atomic E-state index is 12.9. The van der Waals surface area contributed by atoms with Crippen LogP contribution in [-0.4, -0.2) is 41.7 Å². The van der Waals surface area contributed by atoms with Gasteiger partial charge in [-0.25, -0.2) is 18.4 Å². The van der Waals surface area contributed by atoms with E-state index in [0.717, 1.165) is 31.2 Å². The molecular formula is C23H24N4O3S. The van der Waals surface area contributed by atoms with E-state index in [9.17, 15) is 13.2 Å². The summed E-state index contributed by atoms with van der Waals surface area (Å²) in [7, 11) is -3.51. The molecular weight excluding hydrogens is 412 g/mol. The molecule has 2 heterocycles. The third kappa shape index (κ3) is 4.98. The second-order valence-corrected chi connectivity index (χ2v) is 9.40. The van der Waals surface area contributed by atoms with E-state index in [0.29, 0.717) is 30.2 Å². The van der Waals surface area contributed by atoms with Crippen LogP contribution in [0.4, 0.5) is 5.69 Å². The Morgan fingerprint density at radius 1 is 0.839 bits per heavy atom. The molecule has 31 heavy (non-hydrogen) atoms. The number of sulfonamides is 1. The highest BCUT2D eigenvalue weighted by atomic mass is 32.2. The molecule has 0 spiro atoms. The highest BCUT2D eigenvalue weighted by Gasteiger charge is 2.25. The highest BCUT2D eigenvalue weighted by molar-refractivity contribution is 7.89. The monoisotopic (exact) mass is 436 g/mol. The third-order valence-corrected chi connectivity index (χ3v) is 7.17. The standard InChI is InChI=1S/C23H24N4O3S/c28-23(19-16-24-22(25-17-19)18-8-4-3-5-9-18)26-20-10-12-21(13-11-20)31(29,30)27-14-6-1-2-7-15-27/h3-5,8-13,16-17H,1-2,6-7,14-15H2,(H,26,28). The first-order valence-electron chi connectivity index (χ1n) is 10.3. The van der Waals surface area contributed by atoms with Gasteiger partial charge in [0.1, 0.15) is 0 Å². The lowest BCUT2D eigenvalue weighted by Crippen LogP contribution is -2.31. The van der Waals surface area contributed by atoms with E-state index in [1.165, 1.54) is 24.5 Å². The van der Waals surface area contributed by atoms with Crippen molar-refractivity contribution in [1.29, 1.82) is 0 Å². The summed E-state index contributed by atoms with van der Waals surface area (Å²) < 4.78 is 27.3. The van der Waals surface area contributed by atoms with Gasteiger partial charge >= 0.3 is 0 Å². The Labute approximate surface area is 182 Å². The first-order chi connectivity index (χ1) is 15.0. The van der Waals surface area contributed by atoms with E-state index < -0.39 is 10.0 Å². The highest BCUT2D eigenvalue weighted by Crippen LogP contribution is 2.22. The van der Waals surface area contributed by atoms with Crippen LogP contribution in [0.5, 0.6) is 0 Å². The first-order valence-corrected chi connectivity index (χ1v) is 11.8. The molecule has 2 aromatic carbocycles. The van der Waals surface area contributed by atoms with Gasteiger partial charge in [0, 0.05) is 36.7 Å². The number of amides is 1. The van der Waals surface area contributed by atoms with Crippen molar-refractivity contribution < 1.29 is 13.2 Å². The number of nitrogens with zero attached hydrogens (tertiary/aromatic N) is 3. The van der Waals surface area contributed by atoms with Crippen LogP contribution >= 0.6 is 0 Å². The molecule has 0 radical (unpaired) electrons. The van der Waals surface area contributed by atoms with Crippen LogP contribution in [0.25, 0.3) is 11.4 Å². The van der Waals surface area contributed by atoms with Crippen molar-refractivity contribution in [3.63, 3.8) is 0 Å². The van der Waals surface area contributed by atoms with E-state index in [1.807, 2.05) is 30.3 Å². The minimum atomic E-state index is -3.51. The number of nitrogens with one attached hydrogen (secondary N) is 1. The Bertz CT molecular complexity index is 1120. The van der Waals surface area contributed by atoms with Gasteiger partial charge in [-0.1, -0.05) is 43.2 Å². The van der Waals surface area contributed by atoms with Crippen LogP contribution in [0.2, 0.25) is 0 Å². The van der Waals surface area contributed by atoms with Gasteiger partial charge in [0.15, 0.2) is 5.82 Å². The van der Waals surface area contributed by atoms with Crippen molar-refractivity contribution in [2.75, 3.05) is 18.4 Å². The molecule has 0 aliphatic carbocycles. The van der Waals surface area contributed by atoms with Crippen molar-refractivity contribution in [2.24, 2.45) is 0 Å². The zero-order valence-electron chi connectivity index (χ0n) is 17.1. The van der Waals surface area contributed by atoms with Crippen molar-refractivity contribution in [3.05, 3.63) is 72.6 Å². The lowest BCUT2D eigenvalue weighted by molar-refractivity contribution is 0.102. The quantitative estimate of drug-likeness (QED) is 0.654. The average molecular weight is 437 g/mol. The van der Waals surface area contributed by atoms with Crippen LogP contribution in [0, 0.1) is 0 Å². The molecule has 1 aliphatic rings. The van der Waals surface area contributed by atoms with Crippen LogP contribution < -0.4 is 5.32 Å². The largest absolute Gasteiger partial charge is 0.322 e. The van der Waals surface area contributed by atoms with Gasteiger partial charge < -0.3 is 5.32 Å². The number of benzene rings is 2. The molecule has 0 unspecified atom stereocenters. The van der Waals surface area contributed by atoms with Crippen LogP contribution in [0.1, 0.15) is 36.0 Å². The molecule has 1 aromatic heterocycles. The summed E-state index contributed by atoms with van der Waals surface area (Å²) in [5.74, 6) is 0.183. The number of anilines is 1. The normalized spacial score (nSPS) is 15.2. The zero-order valence-corrected chi connectivity index (χ0v) is 17.9. The Morgan fingerprint density at radius 3 is 2.06 bits per heavy atom. The molecule has 3 aromatic rings. The summed E-state index contributed by atoms with van der Waals surface area (Å²) in [4.78, 5) is 21.3. The first kappa shape index (κ1) is 21.1. The Kier molecular flexibility index (Phi) is 6.39. The minimum absolute atomic E-state index is 0.239. The molecule has 1 saturated heterocycles. The molecule has 8 heteroatoms. The Hall–Kier alpha value is -3.10. The fourth-order valence-electron chi connectivity index (χ4n) is 3.53. The molecule has 1 N–H and O–H groups in total. The van der Waals surface area contributed by atoms with E-state index in [1.54, 1.807) is 16.4 Å². The summed E-state index contributed by atoms with van der Waals surface area (Å²) in [6.45, 7) is 1.11. The van der Waals surface area contributed by atoms with Crippen molar-refractivity contribution >= 4 is 21.6 Å². The molecule has 1 aliphatic heterocycles. The smallest absolute Gasteiger partial charge is 0.258 e. The maximum Gasteiger partial charge on any atom is 0.258 e. The topological polar surface area (TPSA) is 92.3 Å². The van der Waals surface area contributed by atoms with Gasteiger partial charge in [-0.2, -0.15) is 4.31 Å². The van der Waals surface area contributed by atoms with Gasteiger partial charge in [0.25, 0.3) is 5.91 Å². The maximum absolute atomic E-state index is 12.9. The third-order valence-electron chi connectivity index (χ3n) is 5.26. The SMILES string of the molecule is O=C(Nc1ccc(S(=O)(=O)N2CCCCCC2)cc1)c1cnc(-c2ccccc2)nc1. The fraction of sp³-hybridized carbons (Fsp3) is 0.261. The summed E-state index contributed by atoms with van der Waals surface area (Å²) in [5, 5.41) is 2.76. The Balaban J connectivity index is 1.43. The Morgan fingerprint density at radius 2 is 1.45 bits per heavy atom. The predicted molar refractivity (Wildman–Crippen MR) is 119 cm³/mol. The minimum Gasteiger partial charge on any atom is -0.322 e. The molecule has 0 bridgehead atoms. The molecule has 4 rings (SSSR count). The lowest BCUT2D eigenvalue weighted by atomic mass is 10.2. The van der Waals surface area contributed by atoms with Gasteiger partial charge in [0.05, 0.1) is 10.5 Å². The van der Waals surface area contributed by atoms with Crippen molar-refractivity contribution in [1.82, 2.24) is 14.3 Å². The van der Waals surface area contributed by atoms with Crippen molar-refractivity contribution in [3.8, 4) is 11.4 Å². The summed E-state index contributed by atoms with van der Waals surface area (Å²) in [6.07, 6.45) is 6.85. The second-order valence-electron chi connectivity index (χ2n) is 7.46. The van der Waals surface area contributed by atoms with E-state index in [2.05, 4.69) is 15.3 Å². The zero-order chi connectivity index (χ0) is 21.7. The predicted octanol–water partition coefficient (Wildman–Crippen LogP) is 3.96. The lowest BCUT2D eigenvalue weighted by Gasteiger charge is -2.20. The van der Waals surface area contributed by atoms with E-state index in [4.69, 9.17) is 0 Å². The molecule has 160 valence electrons. The van der Waals surface area contributed by atoms with Crippen LogP contribution in [0.15, 0.2) is 71.9 Å². The molecule has 0 atom stereocenters. The summed E-state index contributed by atoms with van der Waals surface area (Å²) in [5.41, 5.74) is 1.70. The number of hydrogen-bond acceptors (Lipinski definition) is 5. The van der Waals surface area contributed by atoms with Gasteiger partial charge in [-0.15, -0.1) is 0 Å². The van der Waals surface area contributed by atoms with Gasteiger partial charge in [-0.3, -0.25) is 4.79 Å². The summed E-state index contributed by atoms with van der Waals surface area (Å²) >= 11 is 0. The van der Waals surface area contributed by atoms with Crippen LogP contribution in [0.3, 0.4) is 0 Å². The number of hydrogen-bond donors (Lipinski definition) is 1. The average Bonchev–Trinajstić information content (AvgIpc) is 3.10. The molecule has 1 amide bonds. The molecule has 1 fully saturated rings. The van der Waals surface area contributed by atoms with Gasteiger partial charge in [-0.05, 0) is 37.1 Å². The molecule has 0 saturated carbocycles. The number of carbonyl (C=O) groups is 1. The van der Waals surface area contributed by atoms with E-state index in [-0.39, 0.29) is 10.8 Å². The molecule has 7 nitrogen and oxygen atoms in total. The summed E-state index contributed by atoms with van der Waals surface area (Å²) in [6, 6.07) is 15.8.